The highest BCUT2D eigenvalue weighted by Gasteiger charge is 2.25. The fourth-order valence-electron chi connectivity index (χ4n) is 1.82. The Morgan fingerprint density at radius 3 is 2.50 bits per heavy atom. The Morgan fingerprint density at radius 2 is 2.06 bits per heavy atom. The summed E-state index contributed by atoms with van der Waals surface area (Å²) in [5.74, 6) is -1.05. The van der Waals surface area contributed by atoms with Gasteiger partial charge in [-0.3, -0.25) is 4.79 Å². The summed E-state index contributed by atoms with van der Waals surface area (Å²) in [4.78, 5) is 11.3. The summed E-state index contributed by atoms with van der Waals surface area (Å²) in [5, 5.41) is 9.38. The lowest BCUT2D eigenvalue weighted by atomic mass is 9.84. The maximum Gasteiger partial charge on any atom is 0.221 e. The number of allylic oxidation sites excluding steroid dienone is 1. The number of carbonyl (C=O) groups excluding carboxylic acids is 1. The standard InChI is InChI=1S/C13H17NO2/c1-2-6-11(13(14)16)12(9-15)10-7-4-3-5-8-10/h2-5,7-8,11-12,15H,1,6,9H2,(H2,14,16)/t11?,12-/m0/s1. The monoisotopic (exact) mass is 219 g/mol. The molecule has 86 valence electrons. The Morgan fingerprint density at radius 1 is 1.44 bits per heavy atom. The minimum absolute atomic E-state index is 0.0918. The molecule has 0 aliphatic carbocycles. The van der Waals surface area contributed by atoms with Crippen molar-refractivity contribution < 1.29 is 9.90 Å². The number of hydrogen-bond donors (Lipinski definition) is 2. The highest BCUT2D eigenvalue weighted by molar-refractivity contribution is 5.78. The quantitative estimate of drug-likeness (QED) is 0.711. The first-order chi connectivity index (χ1) is 7.70. The molecule has 0 bridgehead atoms. The molecular weight excluding hydrogens is 202 g/mol. The molecular formula is C13H17NO2. The Labute approximate surface area is 95.6 Å². The lowest BCUT2D eigenvalue weighted by molar-refractivity contribution is -0.122. The van der Waals surface area contributed by atoms with Gasteiger partial charge in [0, 0.05) is 5.92 Å². The van der Waals surface area contributed by atoms with Gasteiger partial charge in [-0.1, -0.05) is 36.4 Å². The molecule has 2 atom stereocenters. The number of aliphatic hydroxyl groups is 1. The molecule has 1 rings (SSSR count). The summed E-state index contributed by atoms with van der Waals surface area (Å²) in [6, 6.07) is 9.43. The minimum atomic E-state index is -0.400. The Balaban J connectivity index is 2.95. The molecule has 3 nitrogen and oxygen atoms in total. The van der Waals surface area contributed by atoms with E-state index >= 15 is 0 Å². The first-order valence-corrected chi connectivity index (χ1v) is 5.26. The highest BCUT2D eigenvalue weighted by atomic mass is 16.3. The van der Waals surface area contributed by atoms with Crippen LogP contribution in [0.25, 0.3) is 0 Å². The molecule has 0 saturated carbocycles. The van der Waals surface area contributed by atoms with Crippen LogP contribution in [0.1, 0.15) is 17.9 Å². The SMILES string of the molecule is C=CCC(C(N)=O)[C@@H](CO)c1ccccc1. The molecule has 3 heteroatoms. The van der Waals surface area contributed by atoms with Gasteiger partial charge >= 0.3 is 0 Å². The topological polar surface area (TPSA) is 63.3 Å². The fraction of sp³-hybridized carbons (Fsp3) is 0.308. The Kier molecular flexibility index (Phi) is 4.73. The first kappa shape index (κ1) is 12.5. The van der Waals surface area contributed by atoms with Crippen molar-refractivity contribution in [1.82, 2.24) is 0 Å². The number of nitrogens with two attached hydrogens (primary N) is 1. The third-order valence-corrected chi connectivity index (χ3v) is 2.70. The van der Waals surface area contributed by atoms with Crippen molar-refractivity contribution >= 4 is 5.91 Å². The Bertz CT molecular complexity index is 348. The van der Waals surface area contributed by atoms with E-state index < -0.39 is 11.8 Å². The summed E-state index contributed by atoms with van der Waals surface area (Å²) < 4.78 is 0. The number of benzene rings is 1. The van der Waals surface area contributed by atoms with E-state index in [2.05, 4.69) is 6.58 Å². The predicted octanol–water partition coefficient (Wildman–Crippen LogP) is 1.44. The Hall–Kier alpha value is -1.61. The van der Waals surface area contributed by atoms with Gasteiger partial charge < -0.3 is 10.8 Å². The molecule has 0 aliphatic heterocycles. The van der Waals surface area contributed by atoms with Crippen LogP contribution in [0, 0.1) is 5.92 Å². The van der Waals surface area contributed by atoms with E-state index in [-0.39, 0.29) is 12.5 Å². The number of rotatable bonds is 6. The molecule has 0 saturated heterocycles. The zero-order valence-electron chi connectivity index (χ0n) is 9.17. The summed E-state index contributed by atoms with van der Waals surface area (Å²) in [6.45, 7) is 3.51. The van der Waals surface area contributed by atoms with Gasteiger partial charge in [0.2, 0.25) is 5.91 Å². The van der Waals surface area contributed by atoms with Gasteiger partial charge in [0.15, 0.2) is 0 Å². The van der Waals surface area contributed by atoms with Gasteiger partial charge in [-0.15, -0.1) is 6.58 Å². The van der Waals surface area contributed by atoms with Gasteiger partial charge in [-0.2, -0.15) is 0 Å². The third-order valence-electron chi connectivity index (χ3n) is 2.70. The molecule has 0 heterocycles. The second kappa shape index (κ2) is 6.08. The molecule has 0 fully saturated rings. The number of carbonyl (C=O) groups is 1. The van der Waals surface area contributed by atoms with Gasteiger partial charge in [0.1, 0.15) is 0 Å². The maximum atomic E-state index is 11.3. The van der Waals surface area contributed by atoms with Crippen molar-refractivity contribution in [1.29, 1.82) is 0 Å². The maximum absolute atomic E-state index is 11.3. The van der Waals surface area contributed by atoms with E-state index in [0.717, 1.165) is 5.56 Å². The normalized spacial score (nSPS) is 14.1. The molecule has 1 aromatic rings. The zero-order chi connectivity index (χ0) is 12.0. The van der Waals surface area contributed by atoms with Crippen molar-refractivity contribution in [2.45, 2.75) is 12.3 Å². The van der Waals surface area contributed by atoms with Crippen LogP contribution >= 0.6 is 0 Å². The zero-order valence-corrected chi connectivity index (χ0v) is 9.17. The van der Waals surface area contributed by atoms with Crippen molar-refractivity contribution in [3.8, 4) is 0 Å². The average molecular weight is 219 g/mol. The van der Waals surface area contributed by atoms with Crippen LogP contribution in [0.15, 0.2) is 43.0 Å². The molecule has 1 unspecified atom stereocenters. The number of aliphatic hydroxyl groups excluding tert-OH is 1. The van der Waals surface area contributed by atoms with Crippen molar-refractivity contribution in [2.75, 3.05) is 6.61 Å². The van der Waals surface area contributed by atoms with Gasteiger partial charge in [0.05, 0.1) is 12.5 Å². The van der Waals surface area contributed by atoms with Crippen molar-refractivity contribution in [3.63, 3.8) is 0 Å². The van der Waals surface area contributed by atoms with Crippen LogP contribution in [-0.4, -0.2) is 17.6 Å². The van der Waals surface area contributed by atoms with Gasteiger partial charge in [0.25, 0.3) is 0 Å². The highest BCUT2D eigenvalue weighted by Crippen LogP contribution is 2.26. The number of primary amides is 1. The fourth-order valence-corrected chi connectivity index (χ4v) is 1.82. The van der Waals surface area contributed by atoms with Gasteiger partial charge in [-0.05, 0) is 12.0 Å². The largest absolute Gasteiger partial charge is 0.396 e. The molecule has 1 amide bonds. The average Bonchev–Trinajstić information content (AvgIpc) is 2.30. The minimum Gasteiger partial charge on any atom is -0.396 e. The van der Waals surface area contributed by atoms with Crippen LogP contribution in [0.4, 0.5) is 0 Å². The summed E-state index contributed by atoms with van der Waals surface area (Å²) >= 11 is 0. The number of amides is 1. The van der Waals surface area contributed by atoms with Crippen LogP contribution in [0.5, 0.6) is 0 Å². The smallest absolute Gasteiger partial charge is 0.221 e. The van der Waals surface area contributed by atoms with Crippen molar-refractivity contribution in [2.24, 2.45) is 11.7 Å². The number of hydrogen-bond acceptors (Lipinski definition) is 2. The van der Waals surface area contributed by atoms with Crippen molar-refractivity contribution in [3.05, 3.63) is 48.6 Å². The van der Waals surface area contributed by atoms with E-state index in [0.29, 0.717) is 6.42 Å². The predicted molar refractivity (Wildman–Crippen MR) is 63.8 cm³/mol. The first-order valence-electron chi connectivity index (χ1n) is 5.26. The molecule has 16 heavy (non-hydrogen) atoms. The van der Waals surface area contributed by atoms with E-state index in [1.165, 1.54) is 0 Å². The van der Waals surface area contributed by atoms with E-state index in [1.807, 2.05) is 30.3 Å². The molecule has 0 aliphatic rings. The van der Waals surface area contributed by atoms with E-state index in [4.69, 9.17) is 5.73 Å². The molecule has 1 aromatic carbocycles. The van der Waals surface area contributed by atoms with E-state index in [9.17, 15) is 9.90 Å². The summed E-state index contributed by atoms with van der Waals surface area (Å²) in [5.41, 5.74) is 6.27. The molecule has 0 aromatic heterocycles. The third kappa shape index (κ3) is 2.94. The molecule has 0 spiro atoms. The second-order valence-electron chi connectivity index (χ2n) is 3.73. The van der Waals surface area contributed by atoms with E-state index in [1.54, 1.807) is 6.08 Å². The van der Waals surface area contributed by atoms with Crippen LogP contribution < -0.4 is 5.73 Å². The summed E-state index contributed by atoms with van der Waals surface area (Å²) in [7, 11) is 0. The molecule has 3 N–H and O–H groups in total. The van der Waals surface area contributed by atoms with Gasteiger partial charge in [-0.25, -0.2) is 0 Å². The summed E-state index contributed by atoms with van der Waals surface area (Å²) in [6.07, 6.45) is 2.14. The lowest BCUT2D eigenvalue weighted by Crippen LogP contribution is -2.30. The van der Waals surface area contributed by atoms with Crippen LogP contribution in [-0.2, 0) is 4.79 Å². The van der Waals surface area contributed by atoms with Crippen LogP contribution in [0.2, 0.25) is 0 Å². The molecule has 0 radical (unpaired) electrons. The second-order valence-corrected chi connectivity index (χ2v) is 3.73. The lowest BCUT2D eigenvalue weighted by Gasteiger charge is -2.22. The van der Waals surface area contributed by atoms with Crippen LogP contribution in [0.3, 0.4) is 0 Å².